The van der Waals surface area contributed by atoms with Gasteiger partial charge in [-0.2, -0.15) is 9.97 Å². The maximum absolute atomic E-state index is 11.6. The first-order valence-corrected chi connectivity index (χ1v) is 14.4. The Labute approximate surface area is 234 Å². The van der Waals surface area contributed by atoms with Crippen LogP contribution in [-0.4, -0.2) is 60.1 Å². The molecule has 3 aliphatic heterocycles. The van der Waals surface area contributed by atoms with Crippen LogP contribution in [0.25, 0.3) is 10.8 Å². The Morgan fingerprint density at radius 3 is 2.77 bits per heavy atom. The zero-order chi connectivity index (χ0) is 26.9. The van der Waals surface area contributed by atoms with Gasteiger partial charge < -0.3 is 25.0 Å². The molecule has 2 N–H and O–H groups in total. The van der Waals surface area contributed by atoms with Gasteiger partial charge in [0.2, 0.25) is 5.91 Å². The van der Waals surface area contributed by atoms with Gasteiger partial charge in [0.1, 0.15) is 12.4 Å². The molecule has 0 aliphatic carbocycles. The standard InChI is InChI=1S/C30H36ClN5O3/c1-35-12-5-9-21(35)17-39-30-33-25-15-26(22-10-2-7-20-8-3-11-24(31)28(20)22)38-18-23(25)29(34-30)36-13-4-6-19(16-36)14-27(32)37/h2-3,7-8,10-11,19,21,26H,4-6,9,12-18H2,1H3,(H2,32,37)/t19-,21-,26?/m0/s1. The highest BCUT2D eigenvalue weighted by molar-refractivity contribution is 6.35. The van der Waals surface area contributed by atoms with E-state index in [9.17, 15) is 4.79 Å². The van der Waals surface area contributed by atoms with Crippen molar-refractivity contribution in [1.29, 1.82) is 0 Å². The monoisotopic (exact) mass is 549 g/mol. The van der Waals surface area contributed by atoms with E-state index in [0.29, 0.717) is 38.1 Å². The average molecular weight is 550 g/mol. The zero-order valence-electron chi connectivity index (χ0n) is 22.4. The first kappa shape index (κ1) is 26.3. The first-order valence-electron chi connectivity index (χ1n) is 14.0. The van der Waals surface area contributed by atoms with Gasteiger partial charge in [0, 0.05) is 47.9 Å². The fourth-order valence-electron chi connectivity index (χ4n) is 6.42. The maximum atomic E-state index is 11.6. The summed E-state index contributed by atoms with van der Waals surface area (Å²) in [4.78, 5) is 26.1. The molecule has 39 heavy (non-hydrogen) atoms. The number of piperidine rings is 1. The van der Waals surface area contributed by atoms with Crippen LogP contribution in [0.5, 0.6) is 6.01 Å². The number of anilines is 1. The van der Waals surface area contributed by atoms with E-state index < -0.39 is 0 Å². The molecule has 0 bridgehead atoms. The van der Waals surface area contributed by atoms with Crippen LogP contribution in [0.4, 0.5) is 5.82 Å². The summed E-state index contributed by atoms with van der Waals surface area (Å²) in [6, 6.07) is 13.0. The summed E-state index contributed by atoms with van der Waals surface area (Å²) in [5, 5.41) is 2.84. The van der Waals surface area contributed by atoms with Gasteiger partial charge in [-0.3, -0.25) is 4.79 Å². The molecule has 3 atom stereocenters. The minimum Gasteiger partial charge on any atom is -0.462 e. The Balaban J connectivity index is 1.33. The van der Waals surface area contributed by atoms with Crippen molar-refractivity contribution in [2.45, 2.75) is 57.3 Å². The number of nitrogens with two attached hydrogens (primary N) is 1. The highest BCUT2D eigenvalue weighted by Crippen LogP contribution is 2.40. The molecule has 3 aromatic rings. The number of hydrogen-bond donors (Lipinski definition) is 1. The van der Waals surface area contributed by atoms with Gasteiger partial charge in [0.15, 0.2) is 0 Å². The third-order valence-corrected chi connectivity index (χ3v) is 8.79. The fourth-order valence-corrected chi connectivity index (χ4v) is 6.71. The Morgan fingerprint density at radius 1 is 1.15 bits per heavy atom. The normalized spacial score (nSPS) is 23.6. The molecule has 2 aromatic carbocycles. The molecule has 6 rings (SSSR count). The van der Waals surface area contributed by atoms with Crippen molar-refractivity contribution in [3.05, 3.63) is 58.2 Å². The number of hydrogen-bond acceptors (Lipinski definition) is 7. The molecule has 0 radical (unpaired) electrons. The molecular formula is C30H36ClN5O3. The first-order chi connectivity index (χ1) is 19.0. The number of likely N-dealkylation sites (N-methyl/N-ethyl adjacent to an activating group) is 1. The van der Waals surface area contributed by atoms with Gasteiger partial charge in [-0.05, 0) is 62.2 Å². The Kier molecular flexibility index (Phi) is 7.60. The lowest BCUT2D eigenvalue weighted by atomic mass is 9.93. The highest BCUT2D eigenvalue weighted by Gasteiger charge is 2.32. The Hall–Kier alpha value is -2.94. The van der Waals surface area contributed by atoms with Crippen molar-refractivity contribution < 1.29 is 14.3 Å². The van der Waals surface area contributed by atoms with Crippen LogP contribution in [0.15, 0.2) is 36.4 Å². The molecule has 2 fully saturated rings. The van der Waals surface area contributed by atoms with Gasteiger partial charge in [-0.25, -0.2) is 0 Å². The lowest BCUT2D eigenvalue weighted by molar-refractivity contribution is -0.118. The minimum atomic E-state index is -0.254. The van der Waals surface area contributed by atoms with E-state index in [4.69, 9.17) is 36.8 Å². The summed E-state index contributed by atoms with van der Waals surface area (Å²) in [6.45, 7) is 3.66. The highest BCUT2D eigenvalue weighted by atomic mass is 35.5. The molecule has 2 saturated heterocycles. The average Bonchev–Trinajstić information content (AvgIpc) is 3.35. The molecule has 9 heteroatoms. The number of benzene rings is 2. The molecule has 1 unspecified atom stereocenters. The summed E-state index contributed by atoms with van der Waals surface area (Å²) < 4.78 is 12.7. The molecule has 3 aliphatic rings. The number of halogens is 1. The van der Waals surface area contributed by atoms with Crippen LogP contribution in [0, 0.1) is 5.92 Å². The van der Waals surface area contributed by atoms with Crippen LogP contribution in [0.2, 0.25) is 5.02 Å². The number of aromatic nitrogens is 2. The Bertz CT molecular complexity index is 1360. The number of carbonyl (C=O) groups excluding carboxylic acids is 1. The number of nitrogens with zero attached hydrogens (tertiary/aromatic N) is 4. The smallest absolute Gasteiger partial charge is 0.318 e. The lowest BCUT2D eigenvalue weighted by Gasteiger charge is -2.36. The zero-order valence-corrected chi connectivity index (χ0v) is 23.2. The van der Waals surface area contributed by atoms with Gasteiger partial charge in [0.25, 0.3) is 0 Å². The minimum absolute atomic E-state index is 0.179. The third-order valence-electron chi connectivity index (χ3n) is 8.48. The maximum Gasteiger partial charge on any atom is 0.318 e. The molecule has 0 saturated carbocycles. The summed E-state index contributed by atoms with van der Waals surface area (Å²) in [5.74, 6) is 0.822. The van der Waals surface area contributed by atoms with Gasteiger partial charge in [-0.1, -0.05) is 41.9 Å². The lowest BCUT2D eigenvalue weighted by Crippen LogP contribution is -2.39. The number of likely N-dealkylation sites (tertiary alicyclic amines) is 1. The number of amides is 1. The van der Waals surface area contributed by atoms with Gasteiger partial charge in [-0.15, -0.1) is 0 Å². The van der Waals surface area contributed by atoms with Crippen molar-refractivity contribution >= 4 is 34.1 Å². The van der Waals surface area contributed by atoms with E-state index in [1.54, 1.807) is 0 Å². The van der Waals surface area contributed by atoms with Crippen molar-refractivity contribution in [3.8, 4) is 6.01 Å². The molecule has 0 spiro atoms. The van der Waals surface area contributed by atoms with E-state index in [2.05, 4.69) is 41.1 Å². The van der Waals surface area contributed by atoms with Crippen molar-refractivity contribution in [2.24, 2.45) is 11.7 Å². The summed E-state index contributed by atoms with van der Waals surface area (Å²) >= 11 is 6.65. The van der Waals surface area contributed by atoms with Gasteiger partial charge >= 0.3 is 6.01 Å². The molecule has 206 valence electrons. The molecular weight excluding hydrogens is 514 g/mol. The van der Waals surface area contributed by atoms with Crippen LogP contribution in [-0.2, 0) is 22.6 Å². The topological polar surface area (TPSA) is 93.8 Å². The van der Waals surface area contributed by atoms with E-state index in [1.807, 2.05) is 12.1 Å². The number of primary amides is 1. The molecule has 1 aromatic heterocycles. The molecule has 4 heterocycles. The van der Waals surface area contributed by atoms with Crippen molar-refractivity contribution in [1.82, 2.24) is 14.9 Å². The van der Waals surface area contributed by atoms with Crippen LogP contribution in [0.1, 0.15) is 55.0 Å². The second kappa shape index (κ2) is 11.3. The largest absolute Gasteiger partial charge is 0.462 e. The van der Waals surface area contributed by atoms with Gasteiger partial charge in [0.05, 0.1) is 18.4 Å². The fraction of sp³-hybridized carbons (Fsp3) is 0.500. The molecule has 8 nitrogen and oxygen atoms in total. The quantitative estimate of drug-likeness (QED) is 0.458. The SMILES string of the molecule is CN1CCC[C@H]1COc1nc2c(c(N3CCC[C@@H](CC(N)=O)C3)n1)COC(c1cccc3cccc(Cl)c13)C2. The Morgan fingerprint density at radius 2 is 1.97 bits per heavy atom. The van der Waals surface area contributed by atoms with Crippen molar-refractivity contribution in [2.75, 3.05) is 38.2 Å². The predicted molar refractivity (Wildman–Crippen MR) is 152 cm³/mol. The van der Waals surface area contributed by atoms with E-state index in [-0.39, 0.29) is 17.9 Å². The van der Waals surface area contributed by atoms with E-state index >= 15 is 0 Å². The predicted octanol–water partition coefficient (Wildman–Crippen LogP) is 4.66. The van der Waals surface area contributed by atoms with Crippen LogP contribution >= 0.6 is 11.6 Å². The van der Waals surface area contributed by atoms with Crippen LogP contribution < -0.4 is 15.4 Å². The second-order valence-corrected chi connectivity index (χ2v) is 11.6. The van der Waals surface area contributed by atoms with Crippen molar-refractivity contribution in [3.63, 3.8) is 0 Å². The number of rotatable bonds is 7. The molecule has 1 amide bonds. The number of ether oxygens (including phenoxy) is 2. The summed E-state index contributed by atoms with van der Waals surface area (Å²) in [7, 11) is 2.14. The van der Waals surface area contributed by atoms with E-state index in [1.165, 1.54) is 6.42 Å². The third kappa shape index (κ3) is 5.55. The summed E-state index contributed by atoms with van der Waals surface area (Å²) in [5.41, 5.74) is 8.56. The van der Waals surface area contributed by atoms with Crippen LogP contribution in [0.3, 0.4) is 0 Å². The number of carbonyl (C=O) groups is 1. The van der Waals surface area contributed by atoms with E-state index in [0.717, 1.165) is 77.3 Å². The second-order valence-electron chi connectivity index (χ2n) is 11.2. The number of fused-ring (bicyclic) bond motifs is 2. The summed E-state index contributed by atoms with van der Waals surface area (Å²) in [6.07, 6.45) is 5.09.